The van der Waals surface area contributed by atoms with E-state index in [0.29, 0.717) is 23.2 Å². The van der Waals surface area contributed by atoms with Gasteiger partial charge in [0, 0.05) is 17.2 Å². The van der Waals surface area contributed by atoms with E-state index in [1.165, 1.54) is 0 Å². The van der Waals surface area contributed by atoms with Crippen LogP contribution in [0.5, 0.6) is 0 Å². The summed E-state index contributed by atoms with van der Waals surface area (Å²) in [6.45, 7) is 1.87. The van der Waals surface area contributed by atoms with Gasteiger partial charge in [0.15, 0.2) is 5.82 Å². The van der Waals surface area contributed by atoms with Crippen LogP contribution in [0.2, 0.25) is 0 Å². The zero-order chi connectivity index (χ0) is 17.2. The zero-order valence-corrected chi connectivity index (χ0v) is 13.7. The molecule has 0 atom stereocenters. The van der Waals surface area contributed by atoms with Gasteiger partial charge in [-0.3, -0.25) is 15.2 Å². The molecule has 0 aliphatic heterocycles. The Kier molecular flexibility index (Phi) is 3.85. The lowest BCUT2D eigenvalue weighted by Gasteiger charge is -2.07. The van der Waals surface area contributed by atoms with Crippen molar-refractivity contribution in [1.82, 2.24) is 25.4 Å². The molecule has 1 aliphatic carbocycles. The summed E-state index contributed by atoms with van der Waals surface area (Å²) in [5.41, 5.74) is 2.10. The number of nitrogens with one attached hydrogen (secondary N) is 3. The second kappa shape index (κ2) is 6.31. The van der Waals surface area contributed by atoms with Crippen LogP contribution in [0, 0.1) is 6.92 Å². The van der Waals surface area contributed by atoms with Gasteiger partial charge in [0.2, 0.25) is 5.95 Å². The van der Waals surface area contributed by atoms with E-state index in [4.69, 9.17) is 0 Å². The molecule has 0 radical (unpaired) electrons. The fourth-order valence-corrected chi connectivity index (χ4v) is 2.39. The minimum absolute atomic E-state index is 0.264. The van der Waals surface area contributed by atoms with Gasteiger partial charge in [-0.05, 0) is 50.1 Å². The first-order valence-corrected chi connectivity index (χ1v) is 8.08. The molecular weight excluding hydrogens is 318 g/mol. The molecule has 3 aromatic rings. The predicted molar refractivity (Wildman–Crippen MR) is 92.8 cm³/mol. The van der Waals surface area contributed by atoms with E-state index >= 15 is 0 Å². The number of rotatable bonds is 5. The molecule has 8 nitrogen and oxygen atoms in total. The van der Waals surface area contributed by atoms with E-state index < -0.39 is 0 Å². The number of carbonyl (C=O) groups is 1. The Labute approximate surface area is 144 Å². The van der Waals surface area contributed by atoms with Crippen molar-refractivity contribution in [2.75, 3.05) is 10.6 Å². The summed E-state index contributed by atoms with van der Waals surface area (Å²) in [4.78, 5) is 16.7. The molecule has 25 heavy (non-hydrogen) atoms. The normalized spacial score (nSPS) is 13.5. The first-order chi connectivity index (χ1) is 12.2. The number of anilines is 3. The number of H-pyrrole nitrogens is 1. The highest BCUT2D eigenvalue weighted by Crippen LogP contribution is 2.38. The van der Waals surface area contributed by atoms with Gasteiger partial charge in [-0.15, -0.1) is 10.2 Å². The van der Waals surface area contributed by atoms with Gasteiger partial charge in [-0.25, -0.2) is 0 Å². The molecule has 1 saturated carbocycles. The van der Waals surface area contributed by atoms with E-state index in [1.807, 2.05) is 25.1 Å². The highest BCUT2D eigenvalue weighted by Gasteiger charge is 2.27. The third kappa shape index (κ3) is 3.63. The molecule has 4 rings (SSSR count). The van der Waals surface area contributed by atoms with E-state index in [9.17, 15) is 4.79 Å². The maximum absolute atomic E-state index is 12.4. The second-order valence-corrected chi connectivity index (χ2v) is 6.04. The largest absolute Gasteiger partial charge is 0.339 e. The first-order valence-electron chi connectivity index (χ1n) is 8.08. The smallest absolute Gasteiger partial charge is 0.258 e. The number of nitrogens with zero attached hydrogens (tertiary/aromatic N) is 4. The number of aryl methyl sites for hydroxylation is 1. The van der Waals surface area contributed by atoms with Crippen molar-refractivity contribution < 1.29 is 4.79 Å². The first kappa shape index (κ1) is 15.3. The van der Waals surface area contributed by atoms with Crippen LogP contribution in [0.4, 0.5) is 17.5 Å². The van der Waals surface area contributed by atoms with Gasteiger partial charge < -0.3 is 5.32 Å². The Balaban J connectivity index is 1.45. The molecule has 3 N–H and O–H groups in total. The third-order valence-electron chi connectivity index (χ3n) is 3.89. The molecule has 1 fully saturated rings. The van der Waals surface area contributed by atoms with Crippen molar-refractivity contribution >= 4 is 23.4 Å². The summed E-state index contributed by atoms with van der Waals surface area (Å²) in [5, 5.41) is 20.8. The van der Waals surface area contributed by atoms with Crippen LogP contribution in [0.15, 0.2) is 36.4 Å². The quantitative estimate of drug-likeness (QED) is 0.661. The Morgan fingerprint density at radius 2 is 2.08 bits per heavy atom. The van der Waals surface area contributed by atoms with Gasteiger partial charge in [-0.2, -0.15) is 10.1 Å². The molecular formula is C17H17N7O. The number of hydrogen-bond donors (Lipinski definition) is 3. The van der Waals surface area contributed by atoms with Crippen LogP contribution < -0.4 is 10.6 Å². The summed E-state index contributed by atoms with van der Waals surface area (Å²) in [5.74, 6) is 1.95. The average molecular weight is 335 g/mol. The van der Waals surface area contributed by atoms with Crippen LogP contribution in [-0.2, 0) is 0 Å². The van der Waals surface area contributed by atoms with Gasteiger partial charge in [0.25, 0.3) is 5.91 Å². The van der Waals surface area contributed by atoms with Gasteiger partial charge in [-0.1, -0.05) is 6.07 Å². The number of aromatic amines is 1. The van der Waals surface area contributed by atoms with Crippen LogP contribution in [-0.4, -0.2) is 31.3 Å². The number of aromatic nitrogens is 5. The molecule has 1 aromatic carbocycles. The molecule has 2 aromatic heterocycles. The second-order valence-electron chi connectivity index (χ2n) is 6.04. The highest BCUT2D eigenvalue weighted by molar-refractivity contribution is 6.03. The van der Waals surface area contributed by atoms with E-state index in [2.05, 4.69) is 36.0 Å². The summed E-state index contributed by atoms with van der Waals surface area (Å²) >= 11 is 0. The zero-order valence-electron chi connectivity index (χ0n) is 13.7. The van der Waals surface area contributed by atoms with E-state index in [0.717, 1.165) is 30.0 Å². The van der Waals surface area contributed by atoms with Crippen LogP contribution >= 0.6 is 0 Å². The van der Waals surface area contributed by atoms with Crippen LogP contribution in [0.3, 0.4) is 0 Å². The van der Waals surface area contributed by atoms with Gasteiger partial charge in [0.05, 0.1) is 5.69 Å². The minimum Gasteiger partial charge on any atom is -0.339 e. The lowest BCUT2D eigenvalue weighted by molar-refractivity contribution is 0.102. The molecule has 2 heterocycles. The molecule has 1 amide bonds. The Hall–Kier alpha value is -3.29. The van der Waals surface area contributed by atoms with Crippen LogP contribution in [0.25, 0.3) is 0 Å². The minimum atomic E-state index is -0.264. The topological polar surface area (TPSA) is 108 Å². The Bertz CT molecular complexity index is 899. The maximum atomic E-state index is 12.4. The number of carbonyl (C=O) groups excluding carboxylic acids is 1. The fourth-order valence-electron chi connectivity index (χ4n) is 2.39. The van der Waals surface area contributed by atoms with Gasteiger partial charge >= 0.3 is 0 Å². The molecule has 0 spiro atoms. The van der Waals surface area contributed by atoms with Crippen molar-refractivity contribution in [2.24, 2.45) is 0 Å². The monoisotopic (exact) mass is 335 g/mol. The predicted octanol–water partition coefficient (Wildman–Crippen LogP) is 2.78. The lowest BCUT2D eigenvalue weighted by Crippen LogP contribution is -2.13. The van der Waals surface area contributed by atoms with Crippen LogP contribution in [0.1, 0.15) is 40.6 Å². The molecule has 8 heteroatoms. The summed E-state index contributed by atoms with van der Waals surface area (Å²) in [7, 11) is 0. The van der Waals surface area contributed by atoms with E-state index in [1.54, 1.807) is 18.2 Å². The highest BCUT2D eigenvalue weighted by atomic mass is 16.1. The number of hydrogen-bond acceptors (Lipinski definition) is 6. The standard InChI is InChI=1S/C17H17N7O/c1-10-5-8-14(22-21-10)18-13-4-2-3-12(9-13)16(25)20-17-19-15(23-24-17)11-6-7-11/h2-5,8-9,11H,6-7H2,1H3,(H,18,22)(H2,19,20,23,24,25). The maximum Gasteiger partial charge on any atom is 0.258 e. The average Bonchev–Trinajstić information content (AvgIpc) is 3.37. The molecule has 0 saturated heterocycles. The number of amides is 1. The van der Waals surface area contributed by atoms with Crippen molar-refractivity contribution in [3.05, 3.63) is 53.5 Å². The Morgan fingerprint density at radius 1 is 1.20 bits per heavy atom. The summed E-state index contributed by atoms with van der Waals surface area (Å²) in [6, 6.07) is 10.8. The van der Waals surface area contributed by atoms with Gasteiger partial charge in [0.1, 0.15) is 5.82 Å². The molecule has 1 aliphatic rings. The van der Waals surface area contributed by atoms with Crippen molar-refractivity contribution in [3.63, 3.8) is 0 Å². The fraction of sp³-hybridized carbons (Fsp3) is 0.235. The number of benzene rings is 1. The van der Waals surface area contributed by atoms with Crippen molar-refractivity contribution in [3.8, 4) is 0 Å². The summed E-state index contributed by atoms with van der Waals surface area (Å²) in [6.07, 6.45) is 2.25. The molecule has 0 unspecified atom stereocenters. The summed E-state index contributed by atoms with van der Waals surface area (Å²) < 4.78 is 0. The molecule has 126 valence electrons. The van der Waals surface area contributed by atoms with E-state index in [-0.39, 0.29) is 5.91 Å². The van der Waals surface area contributed by atoms with Crippen molar-refractivity contribution in [2.45, 2.75) is 25.7 Å². The third-order valence-corrected chi connectivity index (χ3v) is 3.89. The Morgan fingerprint density at radius 3 is 2.84 bits per heavy atom. The lowest BCUT2D eigenvalue weighted by atomic mass is 10.2. The molecule has 0 bridgehead atoms. The SMILES string of the molecule is Cc1ccc(Nc2cccc(C(=O)Nc3n[nH]c(C4CC4)n3)c2)nn1. The van der Waals surface area contributed by atoms with Crippen molar-refractivity contribution in [1.29, 1.82) is 0 Å².